The number of hydrogen-bond donors (Lipinski definition) is 2. The minimum absolute atomic E-state index is 0.00718. The van der Waals surface area contributed by atoms with Gasteiger partial charge in [0.1, 0.15) is 0 Å². The van der Waals surface area contributed by atoms with E-state index < -0.39 is 0 Å². The summed E-state index contributed by atoms with van der Waals surface area (Å²) in [6, 6.07) is 0.00718. The smallest absolute Gasteiger partial charge is 0.317 e. The van der Waals surface area contributed by atoms with Gasteiger partial charge in [0.15, 0.2) is 0 Å². The number of aromatic amines is 1. The normalized spacial score (nSPS) is 15.1. The van der Waals surface area contributed by atoms with Crippen LogP contribution in [0, 0.1) is 0 Å². The first-order chi connectivity index (χ1) is 6.81. The highest BCUT2D eigenvalue weighted by atomic mass is 16.2. The summed E-state index contributed by atoms with van der Waals surface area (Å²) in [6.07, 6.45) is 2.53. The number of fused-ring (bicyclic) bond motifs is 1. The van der Waals surface area contributed by atoms with Gasteiger partial charge in [-0.3, -0.25) is 0 Å². The number of nitrogens with one attached hydrogen (secondary N) is 2. The van der Waals surface area contributed by atoms with Crippen molar-refractivity contribution in [2.45, 2.75) is 19.9 Å². The zero-order valence-electron chi connectivity index (χ0n) is 8.21. The summed E-state index contributed by atoms with van der Waals surface area (Å²) in [5.74, 6) is 0. The third kappa shape index (κ3) is 1.57. The molecule has 5 heteroatoms. The van der Waals surface area contributed by atoms with Crippen LogP contribution in [0.25, 0.3) is 0 Å². The van der Waals surface area contributed by atoms with Crippen LogP contribution in [0.3, 0.4) is 0 Å². The van der Waals surface area contributed by atoms with E-state index in [4.69, 9.17) is 0 Å². The van der Waals surface area contributed by atoms with Crippen molar-refractivity contribution in [1.82, 2.24) is 20.2 Å². The molecule has 76 valence electrons. The summed E-state index contributed by atoms with van der Waals surface area (Å²) in [5, 5.41) is 2.79. The van der Waals surface area contributed by atoms with Crippen LogP contribution in [0.1, 0.15) is 18.3 Å². The van der Waals surface area contributed by atoms with Crippen molar-refractivity contribution in [3.05, 3.63) is 17.7 Å². The van der Waals surface area contributed by atoms with Crippen LogP contribution in [0.4, 0.5) is 4.79 Å². The van der Waals surface area contributed by atoms with Gasteiger partial charge in [0.2, 0.25) is 0 Å². The topological polar surface area (TPSA) is 61.0 Å². The highest BCUT2D eigenvalue weighted by Gasteiger charge is 2.21. The Balaban J connectivity index is 2.04. The van der Waals surface area contributed by atoms with Gasteiger partial charge in [-0.25, -0.2) is 9.78 Å². The molecule has 0 radical (unpaired) electrons. The first kappa shape index (κ1) is 9.05. The Morgan fingerprint density at radius 1 is 1.79 bits per heavy atom. The maximum absolute atomic E-state index is 11.5. The molecule has 0 saturated heterocycles. The Bertz CT molecular complexity index is 333. The molecule has 0 unspecified atom stereocenters. The molecule has 0 atom stereocenters. The van der Waals surface area contributed by atoms with Crippen LogP contribution in [0.5, 0.6) is 0 Å². The predicted molar refractivity (Wildman–Crippen MR) is 51.8 cm³/mol. The van der Waals surface area contributed by atoms with Gasteiger partial charge in [-0.2, -0.15) is 0 Å². The quantitative estimate of drug-likeness (QED) is 0.683. The SMILES string of the molecule is CCNC(=O)N1CCc2nc[nH]c2C1. The van der Waals surface area contributed by atoms with Crippen LogP contribution in [-0.2, 0) is 13.0 Å². The molecule has 1 aliphatic heterocycles. The second-order valence-electron chi connectivity index (χ2n) is 3.33. The summed E-state index contributed by atoms with van der Waals surface area (Å²) in [6.45, 7) is 3.99. The number of imidazole rings is 1. The van der Waals surface area contributed by atoms with E-state index in [-0.39, 0.29) is 6.03 Å². The van der Waals surface area contributed by atoms with E-state index in [0.717, 1.165) is 24.4 Å². The van der Waals surface area contributed by atoms with Crippen LogP contribution in [0.2, 0.25) is 0 Å². The molecular formula is C9H14N4O. The third-order valence-electron chi connectivity index (χ3n) is 2.39. The van der Waals surface area contributed by atoms with E-state index in [1.54, 1.807) is 11.2 Å². The summed E-state index contributed by atoms with van der Waals surface area (Å²) >= 11 is 0. The molecule has 2 heterocycles. The molecule has 2 N–H and O–H groups in total. The van der Waals surface area contributed by atoms with Crippen molar-refractivity contribution >= 4 is 6.03 Å². The summed E-state index contributed by atoms with van der Waals surface area (Å²) < 4.78 is 0. The first-order valence-electron chi connectivity index (χ1n) is 4.85. The molecule has 5 nitrogen and oxygen atoms in total. The van der Waals surface area contributed by atoms with Crippen molar-refractivity contribution in [1.29, 1.82) is 0 Å². The summed E-state index contributed by atoms with van der Waals surface area (Å²) in [4.78, 5) is 20.5. The number of nitrogens with zero attached hydrogens (tertiary/aromatic N) is 2. The molecule has 1 aliphatic rings. The van der Waals surface area contributed by atoms with Gasteiger partial charge >= 0.3 is 6.03 Å². The Hall–Kier alpha value is -1.52. The van der Waals surface area contributed by atoms with Crippen molar-refractivity contribution in [2.75, 3.05) is 13.1 Å². The van der Waals surface area contributed by atoms with Crippen LogP contribution >= 0.6 is 0 Å². The highest BCUT2D eigenvalue weighted by Crippen LogP contribution is 2.14. The summed E-state index contributed by atoms with van der Waals surface area (Å²) in [7, 11) is 0. The predicted octanol–water partition coefficient (Wildman–Crippen LogP) is 0.497. The Morgan fingerprint density at radius 2 is 2.64 bits per heavy atom. The third-order valence-corrected chi connectivity index (χ3v) is 2.39. The second-order valence-corrected chi connectivity index (χ2v) is 3.33. The van der Waals surface area contributed by atoms with Gasteiger partial charge in [0, 0.05) is 19.5 Å². The number of H-pyrrole nitrogens is 1. The van der Waals surface area contributed by atoms with Crippen molar-refractivity contribution in [3.63, 3.8) is 0 Å². The summed E-state index contributed by atoms with van der Waals surface area (Å²) in [5.41, 5.74) is 2.15. The first-order valence-corrected chi connectivity index (χ1v) is 4.85. The molecular weight excluding hydrogens is 180 g/mol. The molecule has 0 aromatic carbocycles. The minimum atomic E-state index is 0.00718. The van der Waals surface area contributed by atoms with Crippen molar-refractivity contribution in [3.8, 4) is 0 Å². The molecule has 0 fully saturated rings. The van der Waals surface area contributed by atoms with Gasteiger partial charge < -0.3 is 15.2 Å². The maximum atomic E-state index is 11.5. The van der Waals surface area contributed by atoms with E-state index in [1.165, 1.54) is 0 Å². The molecule has 0 aliphatic carbocycles. The lowest BCUT2D eigenvalue weighted by Gasteiger charge is -2.26. The standard InChI is InChI=1S/C9H14N4O/c1-2-10-9(14)13-4-3-7-8(5-13)12-6-11-7/h6H,2-5H2,1H3,(H,10,14)(H,11,12). The van der Waals surface area contributed by atoms with Gasteiger partial charge in [-0.15, -0.1) is 0 Å². The monoisotopic (exact) mass is 194 g/mol. The van der Waals surface area contributed by atoms with Crippen LogP contribution in [0.15, 0.2) is 6.33 Å². The second kappa shape index (κ2) is 3.69. The number of aromatic nitrogens is 2. The fourth-order valence-electron chi connectivity index (χ4n) is 1.65. The Kier molecular flexibility index (Phi) is 2.39. The Labute approximate surface area is 82.5 Å². The van der Waals surface area contributed by atoms with Gasteiger partial charge in [0.25, 0.3) is 0 Å². The molecule has 1 aromatic heterocycles. The number of carbonyl (C=O) groups excluding carboxylic acids is 1. The zero-order valence-corrected chi connectivity index (χ0v) is 8.21. The van der Waals surface area contributed by atoms with E-state index >= 15 is 0 Å². The van der Waals surface area contributed by atoms with Crippen LogP contribution < -0.4 is 5.32 Å². The number of rotatable bonds is 1. The van der Waals surface area contributed by atoms with E-state index in [0.29, 0.717) is 13.1 Å². The van der Waals surface area contributed by atoms with E-state index in [2.05, 4.69) is 15.3 Å². The number of hydrogen-bond acceptors (Lipinski definition) is 2. The molecule has 14 heavy (non-hydrogen) atoms. The van der Waals surface area contributed by atoms with E-state index in [1.807, 2.05) is 6.92 Å². The van der Waals surface area contributed by atoms with Gasteiger partial charge in [0.05, 0.1) is 24.3 Å². The average Bonchev–Trinajstić information content (AvgIpc) is 2.64. The fourth-order valence-corrected chi connectivity index (χ4v) is 1.65. The molecule has 0 bridgehead atoms. The zero-order chi connectivity index (χ0) is 9.97. The lowest BCUT2D eigenvalue weighted by Crippen LogP contribution is -2.42. The maximum Gasteiger partial charge on any atom is 0.317 e. The Morgan fingerprint density at radius 3 is 3.43 bits per heavy atom. The number of carbonyl (C=O) groups is 1. The lowest BCUT2D eigenvalue weighted by atomic mass is 10.1. The molecule has 2 amide bonds. The van der Waals surface area contributed by atoms with Crippen molar-refractivity contribution in [2.24, 2.45) is 0 Å². The van der Waals surface area contributed by atoms with Gasteiger partial charge in [-0.1, -0.05) is 0 Å². The number of amides is 2. The van der Waals surface area contributed by atoms with Gasteiger partial charge in [-0.05, 0) is 6.92 Å². The lowest BCUT2D eigenvalue weighted by molar-refractivity contribution is 0.192. The number of urea groups is 1. The molecule has 0 spiro atoms. The average molecular weight is 194 g/mol. The highest BCUT2D eigenvalue weighted by molar-refractivity contribution is 5.74. The van der Waals surface area contributed by atoms with Crippen molar-refractivity contribution < 1.29 is 4.79 Å². The molecule has 1 aromatic rings. The minimum Gasteiger partial charge on any atom is -0.347 e. The van der Waals surface area contributed by atoms with E-state index in [9.17, 15) is 4.79 Å². The van der Waals surface area contributed by atoms with Crippen LogP contribution in [-0.4, -0.2) is 34.0 Å². The molecule has 2 rings (SSSR count). The fraction of sp³-hybridized carbons (Fsp3) is 0.556. The largest absolute Gasteiger partial charge is 0.347 e. The molecule has 0 saturated carbocycles.